The number of hydrogen-bond donors (Lipinski definition) is 2. The number of alkyl carbamates (subject to hydrolysis) is 1. The fourth-order valence-electron chi connectivity index (χ4n) is 1.21. The first-order valence-electron chi connectivity index (χ1n) is 6.01. The third-order valence-corrected chi connectivity index (χ3v) is 1.99. The number of ether oxygens (including phenoxy) is 2. The summed E-state index contributed by atoms with van der Waals surface area (Å²) < 4.78 is 10.3. The van der Waals surface area contributed by atoms with E-state index in [9.17, 15) is 9.59 Å². The molecule has 2 unspecified atom stereocenters. The molecule has 0 saturated heterocycles. The van der Waals surface area contributed by atoms with E-state index in [2.05, 4.69) is 5.32 Å². The van der Waals surface area contributed by atoms with E-state index in [0.717, 1.165) is 6.42 Å². The van der Waals surface area contributed by atoms with E-state index in [-0.39, 0.29) is 0 Å². The van der Waals surface area contributed by atoms with E-state index in [0.29, 0.717) is 6.61 Å². The Hall–Kier alpha value is -1.30. The molecule has 0 radical (unpaired) electrons. The molecule has 0 heterocycles. The molecule has 2 N–H and O–H groups in total. The standard InChI is InChI=1S/C12H23NO5/c1-6-7-17-8(2)9(10(14)15)13-11(16)18-12(3,4)5/h8-9H,6-7H2,1-5H3,(H,13,16)(H,14,15). The molecule has 2 atom stereocenters. The second-order valence-corrected chi connectivity index (χ2v) is 5.04. The first kappa shape index (κ1) is 16.7. The summed E-state index contributed by atoms with van der Waals surface area (Å²) in [6.45, 7) is 9.09. The Morgan fingerprint density at radius 1 is 1.33 bits per heavy atom. The smallest absolute Gasteiger partial charge is 0.408 e. The van der Waals surface area contributed by atoms with Gasteiger partial charge in [-0.15, -0.1) is 0 Å². The van der Waals surface area contributed by atoms with Crippen LogP contribution < -0.4 is 5.32 Å². The zero-order valence-electron chi connectivity index (χ0n) is 11.6. The van der Waals surface area contributed by atoms with Gasteiger partial charge in [0, 0.05) is 6.61 Å². The molecule has 6 heteroatoms. The van der Waals surface area contributed by atoms with Crippen LogP contribution in [0.1, 0.15) is 41.0 Å². The number of carboxylic acids is 1. The Labute approximate surface area is 108 Å². The summed E-state index contributed by atoms with van der Waals surface area (Å²) in [4.78, 5) is 22.6. The van der Waals surface area contributed by atoms with Crippen LogP contribution in [0.25, 0.3) is 0 Å². The van der Waals surface area contributed by atoms with Gasteiger partial charge in [-0.3, -0.25) is 0 Å². The van der Waals surface area contributed by atoms with Gasteiger partial charge in [0.2, 0.25) is 0 Å². The maximum atomic E-state index is 11.5. The second kappa shape index (κ2) is 7.20. The third-order valence-electron chi connectivity index (χ3n) is 1.99. The lowest BCUT2D eigenvalue weighted by molar-refractivity contribution is -0.143. The van der Waals surface area contributed by atoms with Crippen LogP contribution in [0.3, 0.4) is 0 Å². The Morgan fingerprint density at radius 2 is 1.89 bits per heavy atom. The maximum absolute atomic E-state index is 11.5. The molecule has 0 spiro atoms. The molecule has 0 aliphatic carbocycles. The summed E-state index contributed by atoms with van der Waals surface area (Å²) in [6, 6.07) is -1.12. The van der Waals surface area contributed by atoms with Crippen molar-refractivity contribution in [3.63, 3.8) is 0 Å². The minimum Gasteiger partial charge on any atom is -0.480 e. The van der Waals surface area contributed by atoms with Gasteiger partial charge in [-0.2, -0.15) is 0 Å². The van der Waals surface area contributed by atoms with Crippen molar-refractivity contribution < 1.29 is 24.2 Å². The molecule has 0 fully saturated rings. The largest absolute Gasteiger partial charge is 0.480 e. The normalized spacial score (nSPS) is 14.7. The highest BCUT2D eigenvalue weighted by Gasteiger charge is 2.29. The van der Waals surface area contributed by atoms with Gasteiger partial charge in [-0.25, -0.2) is 9.59 Å². The molecule has 0 aliphatic rings. The molecule has 0 rings (SSSR count). The summed E-state index contributed by atoms with van der Waals surface area (Å²) >= 11 is 0. The number of carboxylic acid groups (broad SMARTS) is 1. The van der Waals surface area contributed by atoms with Crippen LogP contribution in [0.2, 0.25) is 0 Å². The molecule has 18 heavy (non-hydrogen) atoms. The number of carbonyl (C=O) groups excluding carboxylic acids is 1. The highest BCUT2D eigenvalue weighted by atomic mass is 16.6. The summed E-state index contributed by atoms with van der Waals surface area (Å²) in [6.07, 6.45) is -0.597. The van der Waals surface area contributed by atoms with Crippen molar-refractivity contribution in [3.8, 4) is 0 Å². The monoisotopic (exact) mass is 261 g/mol. The van der Waals surface area contributed by atoms with Gasteiger partial charge in [-0.1, -0.05) is 6.92 Å². The number of rotatable bonds is 6. The van der Waals surface area contributed by atoms with Crippen molar-refractivity contribution in [1.29, 1.82) is 0 Å². The lowest BCUT2D eigenvalue weighted by atomic mass is 10.2. The number of hydrogen-bond acceptors (Lipinski definition) is 4. The molecule has 0 aromatic rings. The second-order valence-electron chi connectivity index (χ2n) is 5.04. The maximum Gasteiger partial charge on any atom is 0.408 e. The molecule has 6 nitrogen and oxygen atoms in total. The summed E-state index contributed by atoms with van der Waals surface area (Å²) in [5.74, 6) is -1.15. The summed E-state index contributed by atoms with van der Waals surface area (Å²) in [5.41, 5.74) is -0.666. The van der Waals surface area contributed by atoms with Crippen LogP contribution in [-0.4, -0.2) is 41.5 Å². The van der Waals surface area contributed by atoms with E-state index in [1.165, 1.54) is 0 Å². The minimum absolute atomic E-state index is 0.445. The van der Waals surface area contributed by atoms with E-state index in [4.69, 9.17) is 14.6 Å². The van der Waals surface area contributed by atoms with Gasteiger partial charge in [0.15, 0.2) is 6.04 Å². The molecule has 0 aromatic carbocycles. The van der Waals surface area contributed by atoms with Crippen molar-refractivity contribution in [3.05, 3.63) is 0 Å². The Balaban J connectivity index is 4.44. The number of nitrogens with one attached hydrogen (secondary N) is 1. The predicted molar refractivity (Wildman–Crippen MR) is 66.5 cm³/mol. The van der Waals surface area contributed by atoms with Gasteiger partial charge < -0.3 is 19.9 Å². The highest BCUT2D eigenvalue weighted by Crippen LogP contribution is 2.08. The molecular formula is C12H23NO5. The zero-order chi connectivity index (χ0) is 14.3. The van der Waals surface area contributed by atoms with Crippen LogP contribution in [0.4, 0.5) is 4.79 Å². The minimum atomic E-state index is -1.15. The topological polar surface area (TPSA) is 84.9 Å². The summed E-state index contributed by atoms with van der Waals surface area (Å²) in [7, 11) is 0. The van der Waals surface area contributed by atoms with Gasteiger partial charge in [0.05, 0.1) is 6.10 Å². The van der Waals surface area contributed by atoms with Crippen LogP contribution >= 0.6 is 0 Å². The van der Waals surface area contributed by atoms with Crippen molar-refractivity contribution in [2.75, 3.05) is 6.61 Å². The average Bonchev–Trinajstić information content (AvgIpc) is 2.19. The van der Waals surface area contributed by atoms with Crippen molar-refractivity contribution in [2.24, 2.45) is 0 Å². The Morgan fingerprint density at radius 3 is 2.28 bits per heavy atom. The third kappa shape index (κ3) is 7.11. The molecule has 0 aliphatic heterocycles. The van der Waals surface area contributed by atoms with Gasteiger partial charge in [0.1, 0.15) is 5.60 Å². The van der Waals surface area contributed by atoms with E-state index >= 15 is 0 Å². The van der Waals surface area contributed by atoms with Crippen LogP contribution in [0.15, 0.2) is 0 Å². The highest BCUT2D eigenvalue weighted by molar-refractivity contribution is 5.80. The fourth-order valence-corrected chi connectivity index (χ4v) is 1.21. The van der Waals surface area contributed by atoms with Crippen LogP contribution in [-0.2, 0) is 14.3 Å². The van der Waals surface area contributed by atoms with Crippen molar-refractivity contribution in [1.82, 2.24) is 5.32 Å². The molecule has 0 bridgehead atoms. The van der Waals surface area contributed by atoms with Gasteiger partial charge >= 0.3 is 12.1 Å². The lowest BCUT2D eigenvalue weighted by Crippen LogP contribution is -2.50. The number of amides is 1. The molecule has 0 saturated carbocycles. The molecular weight excluding hydrogens is 238 g/mol. The average molecular weight is 261 g/mol. The van der Waals surface area contributed by atoms with Crippen LogP contribution in [0.5, 0.6) is 0 Å². The first-order valence-corrected chi connectivity index (χ1v) is 6.01. The predicted octanol–water partition coefficient (Wildman–Crippen LogP) is 1.78. The van der Waals surface area contributed by atoms with Crippen molar-refractivity contribution in [2.45, 2.75) is 58.8 Å². The number of carbonyl (C=O) groups is 2. The van der Waals surface area contributed by atoms with E-state index < -0.39 is 29.8 Å². The van der Waals surface area contributed by atoms with Crippen LogP contribution in [0, 0.1) is 0 Å². The Kier molecular flexibility index (Phi) is 6.68. The molecule has 1 amide bonds. The zero-order valence-corrected chi connectivity index (χ0v) is 11.6. The first-order chi connectivity index (χ1) is 8.17. The molecule has 106 valence electrons. The summed E-state index contributed by atoms with van der Waals surface area (Å²) in [5, 5.41) is 11.3. The van der Waals surface area contributed by atoms with E-state index in [1.54, 1.807) is 27.7 Å². The van der Waals surface area contributed by atoms with Gasteiger partial charge in [0.25, 0.3) is 0 Å². The van der Waals surface area contributed by atoms with E-state index in [1.807, 2.05) is 6.92 Å². The SMILES string of the molecule is CCCOC(C)C(NC(=O)OC(C)(C)C)C(=O)O. The van der Waals surface area contributed by atoms with Gasteiger partial charge in [-0.05, 0) is 34.1 Å². The molecule has 0 aromatic heterocycles. The lowest BCUT2D eigenvalue weighted by Gasteiger charge is -2.24. The van der Waals surface area contributed by atoms with Crippen molar-refractivity contribution >= 4 is 12.1 Å². The Bertz CT molecular complexity index is 285. The fraction of sp³-hybridized carbons (Fsp3) is 0.833. The quantitative estimate of drug-likeness (QED) is 0.761. The number of aliphatic carboxylic acids is 1.